The average Bonchev–Trinajstić information content (AvgIpc) is 2.65. The van der Waals surface area contributed by atoms with E-state index < -0.39 is 10.8 Å². The lowest BCUT2D eigenvalue weighted by molar-refractivity contribution is 0.0310. The van der Waals surface area contributed by atoms with Crippen molar-refractivity contribution in [3.05, 3.63) is 16.1 Å². The van der Waals surface area contributed by atoms with Gasteiger partial charge in [0.25, 0.3) is 0 Å². The minimum atomic E-state index is -0.810. The van der Waals surface area contributed by atoms with Gasteiger partial charge in [-0.3, -0.25) is 4.21 Å². The predicted molar refractivity (Wildman–Crippen MR) is 67.2 cm³/mol. The molecule has 0 bridgehead atoms. The predicted octanol–water partition coefficient (Wildman–Crippen LogP) is 2.27. The van der Waals surface area contributed by atoms with E-state index in [4.69, 9.17) is 4.74 Å². The molecule has 5 heteroatoms. The maximum atomic E-state index is 11.9. The van der Waals surface area contributed by atoms with Crippen molar-refractivity contribution in [2.45, 2.75) is 38.0 Å². The normalized spacial score (nSPS) is 23.2. The van der Waals surface area contributed by atoms with Crippen LogP contribution in [0, 0.1) is 6.92 Å². The first-order valence-corrected chi connectivity index (χ1v) is 7.92. The van der Waals surface area contributed by atoms with E-state index in [1.54, 1.807) is 11.3 Å². The minimum absolute atomic E-state index is 0.212. The third kappa shape index (κ3) is 3.64. The second-order valence-electron chi connectivity index (χ2n) is 4.09. The molecule has 0 amide bonds. The summed E-state index contributed by atoms with van der Waals surface area (Å²) in [4.78, 5) is 5.29. The molecule has 0 radical (unpaired) electrons. The highest BCUT2D eigenvalue weighted by atomic mass is 32.2. The van der Waals surface area contributed by atoms with Crippen LogP contribution in [0.5, 0.6) is 0 Å². The van der Waals surface area contributed by atoms with E-state index in [-0.39, 0.29) is 6.10 Å². The van der Waals surface area contributed by atoms with Crippen LogP contribution in [0.1, 0.15) is 29.1 Å². The van der Waals surface area contributed by atoms with E-state index in [0.29, 0.717) is 11.5 Å². The molecule has 0 spiro atoms. The van der Waals surface area contributed by atoms with E-state index in [1.807, 2.05) is 13.1 Å². The number of aromatic nitrogens is 1. The maximum absolute atomic E-state index is 11.9. The molecule has 0 unspecified atom stereocenters. The summed E-state index contributed by atoms with van der Waals surface area (Å²) in [6.45, 7) is 2.81. The quantitative estimate of drug-likeness (QED) is 0.832. The van der Waals surface area contributed by atoms with Crippen LogP contribution in [0.3, 0.4) is 0 Å². The highest BCUT2D eigenvalue weighted by Crippen LogP contribution is 2.17. The Morgan fingerprint density at radius 3 is 3.12 bits per heavy atom. The third-order valence-electron chi connectivity index (χ3n) is 2.62. The Hall–Kier alpha value is -0.260. The van der Waals surface area contributed by atoms with Crippen molar-refractivity contribution in [2.24, 2.45) is 0 Å². The molecule has 2 heterocycles. The molecule has 16 heavy (non-hydrogen) atoms. The van der Waals surface area contributed by atoms with Gasteiger partial charge in [-0.15, -0.1) is 11.3 Å². The fourth-order valence-corrected chi connectivity index (χ4v) is 4.24. The van der Waals surface area contributed by atoms with E-state index in [0.717, 1.165) is 29.3 Å². The summed E-state index contributed by atoms with van der Waals surface area (Å²) in [5, 5.41) is 1.04. The second-order valence-corrected chi connectivity index (χ2v) is 6.91. The second kappa shape index (κ2) is 5.89. The van der Waals surface area contributed by atoms with E-state index in [9.17, 15) is 4.21 Å². The van der Waals surface area contributed by atoms with E-state index in [2.05, 4.69) is 4.98 Å². The Kier molecular flexibility index (Phi) is 4.49. The third-order valence-corrected chi connectivity index (χ3v) is 5.09. The van der Waals surface area contributed by atoms with Gasteiger partial charge in [-0.2, -0.15) is 0 Å². The van der Waals surface area contributed by atoms with Crippen LogP contribution in [0.15, 0.2) is 6.20 Å². The lowest BCUT2D eigenvalue weighted by atomic mass is 10.1. The molecule has 3 nitrogen and oxygen atoms in total. The van der Waals surface area contributed by atoms with Gasteiger partial charge in [0.05, 0.1) is 22.6 Å². The Morgan fingerprint density at radius 1 is 1.62 bits per heavy atom. The van der Waals surface area contributed by atoms with Crippen LogP contribution in [-0.2, 0) is 21.3 Å². The molecule has 2 atom stereocenters. The number of rotatable bonds is 4. The van der Waals surface area contributed by atoms with Crippen LogP contribution in [0.25, 0.3) is 0 Å². The molecule has 1 fully saturated rings. The van der Waals surface area contributed by atoms with Gasteiger partial charge in [0.2, 0.25) is 0 Å². The van der Waals surface area contributed by atoms with Crippen molar-refractivity contribution in [3.8, 4) is 0 Å². The average molecular weight is 259 g/mol. The Morgan fingerprint density at radius 2 is 2.50 bits per heavy atom. The molecule has 0 N–H and O–H groups in total. The number of aryl methyl sites for hydroxylation is 1. The largest absolute Gasteiger partial charge is 0.377 e. The zero-order valence-electron chi connectivity index (χ0n) is 9.48. The first kappa shape index (κ1) is 12.2. The lowest BCUT2D eigenvalue weighted by Crippen LogP contribution is -2.25. The number of ether oxygens (including phenoxy) is 1. The Labute approximate surface area is 103 Å². The summed E-state index contributed by atoms with van der Waals surface area (Å²) in [6.07, 6.45) is 5.47. The van der Waals surface area contributed by atoms with Crippen molar-refractivity contribution in [1.29, 1.82) is 0 Å². The van der Waals surface area contributed by atoms with Crippen molar-refractivity contribution >= 4 is 22.1 Å². The SMILES string of the molecule is Cc1ncc(C[S@](=O)C[C@H]2CCCCO2)s1. The fraction of sp³-hybridized carbons (Fsp3) is 0.727. The van der Waals surface area contributed by atoms with Crippen LogP contribution in [-0.4, -0.2) is 27.7 Å². The molecule has 1 aromatic heterocycles. The highest BCUT2D eigenvalue weighted by molar-refractivity contribution is 7.84. The Balaban J connectivity index is 1.79. The molecule has 1 aliphatic rings. The summed E-state index contributed by atoms with van der Waals surface area (Å²) in [6, 6.07) is 0. The maximum Gasteiger partial charge on any atom is 0.0897 e. The van der Waals surface area contributed by atoms with Crippen molar-refractivity contribution in [3.63, 3.8) is 0 Å². The molecule has 0 aromatic carbocycles. The fourth-order valence-electron chi connectivity index (χ4n) is 1.84. The first-order chi connectivity index (χ1) is 7.74. The summed E-state index contributed by atoms with van der Waals surface area (Å²) < 4.78 is 17.5. The van der Waals surface area contributed by atoms with Gasteiger partial charge in [-0.05, 0) is 26.2 Å². The molecule has 1 aliphatic heterocycles. The van der Waals surface area contributed by atoms with Crippen molar-refractivity contribution in [2.75, 3.05) is 12.4 Å². The number of hydrogen-bond donors (Lipinski definition) is 0. The van der Waals surface area contributed by atoms with Gasteiger partial charge in [0, 0.05) is 28.5 Å². The monoisotopic (exact) mass is 259 g/mol. The summed E-state index contributed by atoms with van der Waals surface area (Å²) >= 11 is 1.63. The van der Waals surface area contributed by atoms with Gasteiger partial charge in [0.15, 0.2) is 0 Å². The van der Waals surface area contributed by atoms with Crippen molar-refractivity contribution < 1.29 is 8.95 Å². The molecule has 2 rings (SSSR count). The highest BCUT2D eigenvalue weighted by Gasteiger charge is 2.17. The topological polar surface area (TPSA) is 39.2 Å². The van der Waals surface area contributed by atoms with Crippen LogP contribution in [0.2, 0.25) is 0 Å². The summed E-state index contributed by atoms with van der Waals surface area (Å²) in [5.41, 5.74) is 0. The first-order valence-electron chi connectivity index (χ1n) is 5.62. The zero-order valence-corrected chi connectivity index (χ0v) is 11.1. The molecule has 1 aromatic rings. The number of nitrogens with zero attached hydrogens (tertiary/aromatic N) is 1. The number of hydrogen-bond acceptors (Lipinski definition) is 4. The van der Waals surface area contributed by atoms with E-state index >= 15 is 0 Å². The zero-order chi connectivity index (χ0) is 11.4. The molecular formula is C11H17NO2S2. The molecular weight excluding hydrogens is 242 g/mol. The van der Waals surface area contributed by atoms with Gasteiger partial charge < -0.3 is 4.74 Å². The van der Waals surface area contributed by atoms with Gasteiger partial charge in [-0.25, -0.2) is 4.98 Å². The smallest absolute Gasteiger partial charge is 0.0897 e. The molecule has 0 aliphatic carbocycles. The van der Waals surface area contributed by atoms with Crippen molar-refractivity contribution in [1.82, 2.24) is 4.98 Å². The lowest BCUT2D eigenvalue weighted by Gasteiger charge is -2.21. The van der Waals surface area contributed by atoms with Crippen LogP contribution in [0.4, 0.5) is 0 Å². The molecule has 90 valence electrons. The molecule has 1 saturated heterocycles. The minimum Gasteiger partial charge on any atom is -0.377 e. The number of thiazole rings is 1. The summed E-state index contributed by atoms with van der Waals surface area (Å²) in [5.74, 6) is 1.31. The summed E-state index contributed by atoms with van der Waals surface area (Å²) in [7, 11) is -0.810. The Bertz CT molecular complexity index is 359. The van der Waals surface area contributed by atoms with Crippen LogP contribution < -0.4 is 0 Å². The van der Waals surface area contributed by atoms with E-state index in [1.165, 1.54) is 6.42 Å². The standard InChI is InChI=1S/C11H17NO2S2/c1-9-12-6-11(15-9)8-16(13)7-10-4-2-3-5-14-10/h6,10H,2-5,7-8H2,1H3/t10-,16-/m1/s1. The van der Waals surface area contributed by atoms with Crippen LogP contribution >= 0.6 is 11.3 Å². The van der Waals surface area contributed by atoms with Gasteiger partial charge >= 0.3 is 0 Å². The molecule has 0 saturated carbocycles. The van der Waals surface area contributed by atoms with Gasteiger partial charge in [0.1, 0.15) is 0 Å². The van der Waals surface area contributed by atoms with Gasteiger partial charge in [-0.1, -0.05) is 0 Å².